The van der Waals surface area contributed by atoms with Gasteiger partial charge in [-0.3, -0.25) is 0 Å². The lowest BCUT2D eigenvalue weighted by Crippen LogP contribution is -2.14. The van der Waals surface area contributed by atoms with Gasteiger partial charge in [-0.25, -0.2) is 0 Å². The summed E-state index contributed by atoms with van der Waals surface area (Å²) in [6.45, 7) is 0. The molecule has 1 aromatic carbocycles. The Labute approximate surface area is 100 Å². The summed E-state index contributed by atoms with van der Waals surface area (Å²) in [6, 6.07) is 9.19. The van der Waals surface area contributed by atoms with Crippen LogP contribution in [0.2, 0.25) is 0 Å². The van der Waals surface area contributed by atoms with Crippen LogP contribution in [-0.2, 0) is 0 Å². The minimum absolute atomic E-state index is 0.295. The first-order chi connectivity index (χ1) is 8.27. The Balaban J connectivity index is 2.49. The van der Waals surface area contributed by atoms with Crippen molar-refractivity contribution in [3.8, 4) is 11.5 Å². The van der Waals surface area contributed by atoms with E-state index in [9.17, 15) is 0 Å². The molecule has 1 unspecified atom stereocenters. The van der Waals surface area contributed by atoms with Gasteiger partial charge in [0.1, 0.15) is 11.5 Å². The highest BCUT2D eigenvalue weighted by Gasteiger charge is 2.19. The van der Waals surface area contributed by atoms with Crippen molar-refractivity contribution in [1.82, 2.24) is 4.98 Å². The predicted octanol–water partition coefficient (Wildman–Crippen LogP) is 2.08. The number of aromatic nitrogens is 1. The molecule has 0 bridgehead atoms. The summed E-state index contributed by atoms with van der Waals surface area (Å²) in [4.78, 5) is 3.10. The maximum absolute atomic E-state index is 6.22. The molecule has 4 heteroatoms. The second-order valence-electron chi connectivity index (χ2n) is 3.68. The Hall–Kier alpha value is -1.94. The van der Waals surface area contributed by atoms with Gasteiger partial charge in [-0.2, -0.15) is 0 Å². The number of hydrogen-bond acceptors (Lipinski definition) is 3. The van der Waals surface area contributed by atoms with Crippen molar-refractivity contribution < 1.29 is 9.47 Å². The zero-order chi connectivity index (χ0) is 12.3. The Kier molecular flexibility index (Phi) is 3.35. The number of hydrogen-bond donors (Lipinski definition) is 2. The predicted molar refractivity (Wildman–Crippen MR) is 66.4 cm³/mol. The lowest BCUT2D eigenvalue weighted by atomic mass is 10.0. The van der Waals surface area contributed by atoms with Crippen LogP contribution >= 0.6 is 0 Å². The van der Waals surface area contributed by atoms with E-state index in [2.05, 4.69) is 4.98 Å². The van der Waals surface area contributed by atoms with Crippen molar-refractivity contribution >= 4 is 0 Å². The molecule has 3 N–H and O–H groups in total. The normalized spacial score (nSPS) is 12.2. The highest BCUT2D eigenvalue weighted by molar-refractivity contribution is 5.49. The Morgan fingerprint density at radius 1 is 1.06 bits per heavy atom. The van der Waals surface area contributed by atoms with Gasteiger partial charge in [0.15, 0.2) is 0 Å². The van der Waals surface area contributed by atoms with Gasteiger partial charge < -0.3 is 20.2 Å². The van der Waals surface area contributed by atoms with Gasteiger partial charge in [0.2, 0.25) is 0 Å². The first-order valence-electron chi connectivity index (χ1n) is 5.37. The quantitative estimate of drug-likeness (QED) is 0.848. The molecule has 0 spiro atoms. The fourth-order valence-corrected chi connectivity index (χ4v) is 1.88. The Morgan fingerprint density at radius 2 is 1.71 bits per heavy atom. The van der Waals surface area contributed by atoms with E-state index in [1.807, 2.05) is 36.5 Å². The van der Waals surface area contributed by atoms with Gasteiger partial charge in [0, 0.05) is 11.9 Å². The number of rotatable bonds is 4. The molecule has 0 amide bonds. The van der Waals surface area contributed by atoms with Crippen LogP contribution < -0.4 is 15.2 Å². The fourth-order valence-electron chi connectivity index (χ4n) is 1.88. The largest absolute Gasteiger partial charge is 0.496 e. The van der Waals surface area contributed by atoms with Crippen molar-refractivity contribution in [2.45, 2.75) is 6.04 Å². The molecular formula is C13H16N2O2. The maximum Gasteiger partial charge on any atom is 0.127 e. The van der Waals surface area contributed by atoms with Gasteiger partial charge >= 0.3 is 0 Å². The molecule has 1 atom stereocenters. The number of ether oxygens (including phenoxy) is 2. The molecule has 2 aromatic rings. The summed E-state index contributed by atoms with van der Waals surface area (Å²) in [5.74, 6) is 1.46. The molecule has 4 nitrogen and oxygen atoms in total. The average molecular weight is 232 g/mol. The van der Waals surface area contributed by atoms with E-state index >= 15 is 0 Å². The third-order valence-corrected chi connectivity index (χ3v) is 2.73. The van der Waals surface area contributed by atoms with Crippen LogP contribution in [0.1, 0.15) is 17.3 Å². The summed E-state index contributed by atoms with van der Waals surface area (Å²) in [5.41, 5.74) is 7.99. The molecule has 0 radical (unpaired) electrons. The van der Waals surface area contributed by atoms with Crippen molar-refractivity contribution in [1.29, 1.82) is 0 Å². The molecule has 17 heavy (non-hydrogen) atoms. The molecule has 0 saturated carbocycles. The highest BCUT2D eigenvalue weighted by Crippen LogP contribution is 2.35. The molecule has 90 valence electrons. The minimum Gasteiger partial charge on any atom is -0.496 e. The summed E-state index contributed by atoms with van der Waals surface area (Å²) in [5, 5.41) is 0. The first-order valence-corrected chi connectivity index (χ1v) is 5.37. The van der Waals surface area contributed by atoms with Crippen LogP contribution in [0.5, 0.6) is 11.5 Å². The summed E-state index contributed by atoms with van der Waals surface area (Å²) in [7, 11) is 3.25. The number of aromatic amines is 1. The number of nitrogens with two attached hydrogens (primary N) is 1. The second-order valence-corrected chi connectivity index (χ2v) is 3.68. The van der Waals surface area contributed by atoms with Crippen LogP contribution in [0.15, 0.2) is 36.5 Å². The Bertz CT molecular complexity index is 458. The van der Waals surface area contributed by atoms with Gasteiger partial charge in [-0.1, -0.05) is 6.07 Å². The van der Waals surface area contributed by atoms with E-state index in [1.165, 1.54) is 0 Å². The second kappa shape index (κ2) is 4.93. The molecule has 0 aliphatic heterocycles. The van der Waals surface area contributed by atoms with Crippen molar-refractivity contribution in [3.05, 3.63) is 47.8 Å². The van der Waals surface area contributed by atoms with Crippen molar-refractivity contribution in [3.63, 3.8) is 0 Å². The number of methoxy groups -OCH3 is 2. The number of nitrogens with one attached hydrogen (secondary N) is 1. The number of H-pyrrole nitrogens is 1. The lowest BCUT2D eigenvalue weighted by molar-refractivity contribution is 0.382. The van der Waals surface area contributed by atoms with Gasteiger partial charge in [0.25, 0.3) is 0 Å². The standard InChI is InChI=1S/C13H16N2O2/c1-16-10-6-3-7-11(17-2)12(10)13(14)9-5-4-8-15-9/h3-8,13,15H,14H2,1-2H3. The van der Waals surface area contributed by atoms with E-state index in [0.717, 1.165) is 22.8 Å². The van der Waals surface area contributed by atoms with Crippen molar-refractivity contribution in [2.75, 3.05) is 14.2 Å². The zero-order valence-electron chi connectivity index (χ0n) is 9.94. The van der Waals surface area contributed by atoms with Gasteiger partial charge in [-0.05, 0) is 24.3 Å². The van der Waals surface area contributed by atoms with E-state index in [4.69, 9.17) is 15.2 Å². The molecule has 1 heterocycles. The van der Waals surface area contributed by atoms with Crippen LogP contribution in [0, 0.1) is 0 Å². The third kappa shape index (κ3) is 2.12. The highest BCUT2D eigenvalue weighted by atomic mass is 16.5. The maximum atomic E-state index is 6.22. The molecule has 0 aliphatic carbocycles. The first kappa shape index (κ1) is 11.5. The van der Waals surface area contributed by atoms with E-state index in [0.29, 0.717) is 0 Å². The molecule has 2 rings (SSSR count). The smallest absolute Gasteiger partial charge is 0.127 e. The SMILES string of the molecule is COc1cccc(OC)c1C(N)c1ccc[nH]1. The van der Waals surface area contributed by atoms with Crippen LogP contribution in [0.4, 0.5) is 0 Å². The minimum atomic E-state index is -0.295. The summed E-state index contributed by atoms with van der Waals surface area (Å²) in [6.07, 6.45) is 1.84. The molecule has 0 fully saturated rings. The molecular weight excluding hydrogens is 216 g/mol. The fraction of sp³-hybridized carbons (Fsp3) is 0.231. The van der Waals surface area contributed by atoms with Crippen molar-refractivity contribution in [2.24, 2.45) is 5.73 Å². The Morgan fingerprint density at radius 3 is 2.18 bits per heavy atom. The van der Waals surface area contributed by atoms with Gasteiger partial charge in [0.05, 0.1) is 25.8 Å². The van der Waals surface area contributed by atoms with Crippen LogP contribution in [0.3, 0.4) is 0 Å². The zero-order valence-corrected chi connectivity index (χ0v) is 9.94. The topological polar surface area (TPSA) is 60.3 Å². The summed E-state index contributed by atoms with van der Waals surface area (Å²) < 4.78 is 10.7. The molecule has 0 saturated heterocycles. The molecule has 1 aromatic heterocycles. The molecule has 0 aliphatic rings. The number of benzene rings is 1. The summed E-state index contributed by atoms with van der Waals surface area (Å²) >= 11 is 0. The third-order valence-electron chi connectivity index (χ3n) is 2.73. The van der Waals surface area contributed by atoms with E-state index in [1.54, 1.807) is 14.2 Å². The van der Waals surface area contributed by atoms with E-state index in [-0.39, 0.29) is 6.04 Å². The van der Waals surface area contributed by atoms with Crippen LogP contribution in [0.25, 0.3) is 0 Å². The van der Waals surface area contributed by atoms with E-state index < -0.39 is 0 Å². The average Bonchev–Trinajstić information content (AvgIpc) is 2.90. The van der Waals surface area contributed by atoms with Crippen LogP contribution in [-0.4, -0.2) is 19.2 Å². The lowest BCUT2D eigenvalue weighted by Gasteiger charge is -2.18. The van der Waals surface area contributed by atoms with Gasteiger partial charge in [-0.15, -0.1) is 0 Å². The monoisotopic (exact) mass is 232 g/mol.